The summed E-state index contributed by atoms with van der Waals surface area (Å²) in [7, 11) is 0. The van der Waals surface area contributed by atoms with E-state index in [1.165, 1.54) is 17.8 Å². The van der Waals surface area contributed by atoms with Crippen molar-refractivity contribution in [2.45, 2.75) is 43.5 Å². The molecule has 19 heavy (non-hydrogen) atoms. The van der Waals surface area contributed by atoms with Crippen LogP contribution in [0, 0.1) is 0 Å². The summed E-state index contributed by atoms with van der Waals surface area (Å²) < 4.78 is 2.29. The fourth-order valence-electron chi connectivity index (χ4n) is 2.74. The summed E-state index contributed by atoms with van der Waals surface area (Å²) in [4.78, 5) is 0. The third kappa shape index (κ3) is 2.46. The lowest BCUT2D eigenvalue weighted by atomic mass is 10.1. The van der Waals surface area contributed by atoms with Crippen molar-refractivity contribution in [2.75, 3.05) is 0 Å². The number of halogens is 1. The van der Waals surface area contributed by atoms with Crippen LogP contribution in [0.1, 0.15) is 48.8 Å². The highest BCUT2D eigenvalue weighted by atomic mass is 79.9. The summed E-state index contributed by atoms with van der Waals surface area (Å²) in [6, 6.07) is 10.7. The Labute approximate surface area is 122 Å². The van der Waals surface area contributed by atoms with Gasteiger partial charge in [0, 0.05) is 12.5 Å². The van der Waals surface area contributed by atoms with E-state index in [0.717, 1.165) is 24.1 Å². The Balaban J connectivity index is 1.83. The Bertz CT molecular complexity index is 550. The fourth-order valence-corrected chi connectivity index (χ4v) is 3.15. The van der Waals surface area contributed by atoms with Crippen molar-refractivity contribution in [3.05, 3.63) is 47.5 Å². The number of nitrogens with zero attached hydrogens (tertiary/aromatic N) is 3. The summed E-state index contributed by atoms with van der Waals surface area (Å²) in [6.45, 7) is 3.21. The summed E-state index contributed by atoms with van der Waals surface area (Å²) in [5, 5.41) is 9.52. The molecule has 1 fully saturated rings. The number of hydrogen-bond donors (Lipinski definition) is 0. The first kappa shape index (κ1) is 12.9. The van der Waals surface area contributed by atoms with Gasteiger partial charge in [0.25, 0.3) is 0 Å². The minimum absolute atomic E-state index is 0.550. The van der Waals surface area contributed by atoms with Gasteiger partial charge in [-0.3, -0.25) is 0 Å². The number of aromatic nitrogens is 3. The van der Waals surface area contributed by atoms with Gasteiger partial charge in [-0.1, -0.05) is 53.2 Å². The predicted octanol–water partition coefficient (Wildman–Crippen LogP) is 3.85. The van der Waals surface area contributed by atoms with Crippen LogP contribution in [-0.4, -0.2) is 14.8 Å². The molecule has 4 heteroatoms. The van der Waals surface area contributed by atoms with Crippen LogP contribution in [-0.2, 0) is 11.9 Å². The Morgan fingerprint density at radius 3 is 2.68 bits per heavy atom. The molecule has 100 valence electrons. The third-order valence-corrected chi connectivity index (χ3v) is 4.27. The van der Waals surface area contributed by atoms with Crippen molar-refractivity contribution < 1.29 is 0 Å². The van der Waals surface area contributed by atoms with Crippen LogP contribution in [0.2, 0.25) is 0 Å². The molecular weight excluding hydrogens is 302 g/mol. The Morgan fingerprint density at radius 1 is 1.21 bits per heavy atom. The molecule has 1 heterocycles. The van der Waals surface area contributed by atoms with Gasteiger partial charge in [0.15, 0.2) is 0 Å². The van der Waals surface area contributed by atoms with Gasteiger partial charge < -0.3 is 4.57 Å². The maximum absolute atomic E-state index is 4.43. The highest BCUT2D eigenvalue weighted by Crippen LogP contribution is 2.54. The number of benzene rings is 1. The molecule has 0 aliphatic heterocycles. The molecule has 0 N–H and O–H groups in total. The van der Waals surface area contributed by atoms with Gasteiger partial charge in [-0.05, 0) is 24.3 Å². The molecule has 0 bridgehead atoms. The molecular formula is C15H18BrN3. The van der Waals surface area contributed by atoms with E-state index < -0.39 is 0 Å². The van der Waals surface area contributed by atoms with Gasteiger partial charge in [0.2, 0.25) is 0 Å². The van der Waals surface area contributed by atoms with Crippen LogP contribution in [0.25, 0.3) is 0 Å². The van der Waals surface area contributed by atoms with E-state index in [-0.39, 0.29) is 0 Å². The molecule has 3 nitrogen and oxygen atoms in total. The SMILES string of the molecule is CCCn1c(CBr)nnc1C1CC1c1ccccc1. The lowest BCUT2D eigenvalue weighted by Crippen LogP contribution is -2.06. The number of hydrogen-bond acceptors (Lipinski definition) is 2. The van der Waals surface area contributed by atoms with E-state index in [4.69, 9.17) is 0 Å². The molecule has 1 aromatic carbocycles. The normalized spacial score (nSPS) is 21.6. The molecule has 0 amide bonds. The van der Waals surface area contributed by atoms with Crippen molar-refractivity contribution >= 4 is 15.9 Å². The molecule has 1 saturated carbocycles. The van der Waals surface area contributed by atoms with Gasteiger partial charge >= 0.3 is 0 Å². The molecule has 2 atom stereocenters. The molecule has 2 aromatic rings. The Hall–Kier alpha value is -1.16. The van der Waals surface area contributed by atoms with Crippen LogP contribution in [0.3, 0.4) is 0 Å². The number of rotatable bonds is 5. The van der Waals surface area contributed by atoms with Gasteiger partial charge in [-0.25, -0.2) is 0 Å². The summed E-state index contributed by atoms with van der Waals surface area (Å²) in [5.41, 5.74) is 1.43. The van der Waals surface area contributed by atoms with Crippen molar-refractivity contribution in [1.82, 2.24) is 14.8 Å². The molecule has 2 unspecified atom stereocenters. The van der Waals surface area contributed by atoms with Gasteiger partial charge in [-0.2, -0.15) is 0 Å². The molecule has 0 spiro atoms. The topological polar surface area (TPSA) is 30.7 Å². The maximum atomic E-state index is 4.43. The fraction of sp³-hybridized carbons (Fsp3) is 0.467. The molecule has 1 aliphatic carbocycles. The predicted molar refractivity (Wildman–Crippen MR) is 79.5 cm³/mol. The minimum Gasteiger partial charge on any atom is -0.314 e. The monoisotopic (exact) mass is 319 g/mol. The van der Waals surface area contributed by atoms with Crippen LogP contribution >= 0.6 is 15.9 Å². The summed E-state index contributed by atoms with van der Waals surface area (Å²) >= 11 is 3.50. The summed E-state index contributed by atoms with van der Waals surface area (Å²) in [5.74, 6) is 3.40. The zero-order valence-electron chi connectivity index (χ0n) is 11.1. The van der Waals surface area contributed by atoms with E-state index >= 15 is 0 Å². The second-order valence-corrected chi connectivity index (χ2v) is 5.68. The summed E-state index contributed by atoms with van der Waals surface area (Å²) in [6.07, 6.45) is 2.32. The zero-order valence-corrected chi connectivity index (χ0v) is 12.7. The second-order valence-electron chi connectivity index (χ2n) is 5.12. The highest BCUT2D eigenvalue weighted by molar-refractivity contribution is 9.08. The lowest BCUT2D eigenvalue weighted by Gasteiger charge is -2.07. The third-order valence-electron chi connectivity index (χ3n) is 3.77. The van der Waals surface area contributed by atoms with E-state index in [2.05, 4.69) is 67.9 Å². The Kier molecular flexibility index (Phi) is 3.69. The highest BCUT2D eigenvalue weighted by Gasteiger charge is 2.43. The zero-order chi connectivity index (χ0) is 13.2. The largest absolute Gasteiger partial charge is 0.314 e. The molecule has 0 saturated heterocycles. The molecule has 1 aromatic heterocycles. The smallest absolute Gasteiger partial charge is 0.143 e. The minimum atomic E-state index is 0.550. The number of alkyl halides is 1. The quantitative estimate of drug-likeness (QED) is 0.783. The molecule has 1 aliphatic rings. The average Bonchev–Trinajstić information content (AvgIpc) is 3.15. The van der Waals surface area contributed by atoms with Crippen LogP contribution in [0.5, 0.6) is 0 Å². The first-order valence-electron chi connectivity index (χ1n) is 6.88. The second kappa shape index (κ2) is 5.45. The average molecular weight is 320 g/mol. The van der Waals surface area contributed by atoms with E-state index in [1.807, 2.05) is 0 Å². The maximum Gasteiger partial charge on any atom is 0.143 e. The van der Waals surface area contributed by atoms with Crippen molar-refractivity contribution in [1.29, 1.82) is 0 Å². The molecule has 3 rings (SSSR count). The van der Waals surface area contributed by atoms with Gasteiger partial charge in [0.05, 0.1) is 5.33 Å². The first-order chi connectivity index (χ1) is 9.35. The van der Waals surface area contributed by atoms with Gasteiger partial charge in [-0.15, -0.1) is 10.2 Å². The van der Waals surface area contributed by atoms with Crippen molar-refractivity contribution in [3.63, 3.8) is 0 Å². The van der Waals surface area contributed by atoms with Crippen molar-refractivity contribution in [2.24, 2.45) is 0 Å². The van der Waals surface area contributed by atoms with E-state index in [0.29, 0.717) is 11.8 Å². The van der Waals surface area contributed by atoms with Gasteiger partial charge in [0.1, 0.15) is 11.6 Å². The van der Waals surface area contributed by atoms with Crippen LogP contribution in [0.4, 0.5) is 0 Å². The van der Waals surface area contributed by atoms with Crippen LogP contribution in [0.15, 0.2) is 30.3 Å². The standard InChI is InChI=1S/C15H18BrN3/c1-2-8-19-14(10-16)17-18-15(19)13-9-12(13)11-6-4-3-5-7-11/h3-7,12-13H,2,8-10H2,1H3. The molecule has 0 radical (unpaired) electrons. The van der Waals surface area contributed by atoms with Crippen molar-refractivity contribution in [3.8, 4) is 0 Å². The van der Waals surface area contributed by atoms with E-state index in [1.54, 1.807) is 0 Å². The van der Waals surface area contributed by atoms with Crippen LogP contribution < -0.4 is 0 Å². The lowest BCUT2D eigenvalue weighted by molar-refractivity contribution is 0.619. The first-order valence-corrected chi connectivity index (χ1v) is 8.00. The Morgan fingerprint density at radius 2 is 2.00 bits per heavy atom. The van der Waals surface area contributed by atoms with E-state index in [9.17, 15) is 0 Å².